The first-order valence-electron chi connectivity index (χ1n) is 11.0. The van der Waals surface area contributed by atoms with Crippen LogP contribution in [0.3, 0.4) is 0 Å². The molecule has 4 aromatic heterocycles. The molecule has 1 aliphatic carbocycles. The van der Waals surface area contributed by atoms with Gasteiger partial charge in [0.05, 0.1) is 15.9 Å². The third kappa shape index (κ3) is 2.71. The molecule has 0 atom stereocenters. The van der Waals surface area contributed by atoms with E-state index in [0.717, 1.165) is 38.8 Å². The van der Waals surface area contributed by atoms with E-state index in [1.807, 2.05) is 24.3 Å². The molecular formula is C27H26N2OS. The third-order valence-electron chi connectivity index (χ3n) is 6.98. The van der Waals surface area contributed by atoms with Crippen molar-refractivity contribution in [1.29, 1.82) is 0 Å². The standard InChI is InChI=1S/C27H26N2OS/c1-15-9-10-17-16-7-6-8-18(23(16)30-25(17)28-15)19-11-12-20-22(29-19)21-24(31-20)27(4,5)14-13-26(21,2)3/h6-12H,13-14H2,1-5H3. The lowest BCUT2D eigenvalue weighted by atomic mass is 9.66. The van der Waals surface area contributed by atoms with Gasteiger partial charge in [-0.05, 0) is 66.5 Å². The molecule has 156 valence electrons. The second-order valence-corrected chi connectivity index (χ2v) is 11.3. The second kappa shape index (κ2) is 6.17. The predicted octanol–water partition coefficient (Wildman–Crippen LogP) is 7.92. The molecule has 1 aromatic carbocycles. The SMILES string of the molecule is Cc1ccc2c(n1)oc1c(-c3ccc4sc5c(c4n3)C(C)(C)CCC5(C)C)cccc12. The molecule has 0 amide bonds. The van der Waals surface area contributed by atoms with Crippen LogP contribution in [0.15, 0.2) is 46.9 Å². The summed E-state index contributed by atoms with van der Waals surface area (Å²) in [5.74, 6) is 0. The normalized spacial score (nSPS) is 17.5. The third-order valence-corrected chi connectivity index (χ3v) is 8.49. The number of aryl methyl sites for hydroxylation is 1. The fourth-order valence-electron chi connectivity index (χ4n) is 5.07. The number of furan rings is 1. The van der Waals surface area contributed by atoms with Crippen molar-refractivity contribution in [2.75, 3.05) is 0 Å². The molecule has 6 rings (SSSR count). The summed E-state index contributed by atoms with van der Waals surface area (Å²) in [6.07, 6.45) is 2.41. The Kier molecular flexibility index (Phi) is 3.78. The van der Waals surface area contributed by atoms with Gasteiger partial charge in [-0.2, -0.15) is 0 Å². The van der Waals surface area contributed by atoms with Crippen LogP contribution >= 0.6 is 11.3 Å². The Morgan fingerprint density at radius 2 is 1.68 bits per heavy atom. The van der Waals surface area contributed by atoms with Crippen molar-refractivity contribution in [3.8, 4) is 11.3 Å². The van der Waals surface area contributed by atoms with Gasteiger partial charge in [0.1, 0.15) is 5.58 Å². The maximum absolute atomic E-state index is 6.25. The number of nitrogens with zero attached hydrogens (tertiary/aromatic N) is 2. The second-order valence-electron chi connectivity index (χ2n) is 10.2. The van der Waals surface area contributed by atoms with Crippen LogP contribution in [0, 0.1) is 6.92 Å². The summed E-state index contributed by atoms with van der Waals surface area (Å²) in [7, 11) is 0. The number of fused-ring (bicyclic) bond motifs is 6. The van der Waals surface area contributed by atoms with E-state index in [0.29, 0.717) is 5.71 Å². The molecule has 0 bridgehead atoms. The van der Waals surface area contributed by atoms with Gasteiger partial charge in [-0.1, -0.05) is 39.8 Å². The van der Waals surface area contributed by atoms with Gasteiger partial charge in [-0.25, -0.2) is 9.97 Å². The lowest BCUT2D eigenvalue weighted by molar-refractivity contribution is 0.341. The topological polar surface area (TPSA) is 38.9 Å². The average molecular weight is 427 g/mol. The number of hydrogen-bond acceptors (Lipinski definition) is 4. The minimum atomic E-state index is 0.140. The van der Waals surface area contributed by atoms with Crippen LogP contribution in [0.2, 0.25) is 0 Å². The maximum atomic E-state index is 6.25. The van der Waals surface area contributed by atoms with E-state index in [1.165, 1.54) is 28.0 Å². The molecule has 3 nitrogen and oxygen atoms in total. The van der Waals surface area contributed by atoms with E-state index < -0.39 is 0 Å². The highest BCUT2D eigenvalue weighted by atomic mass is 32.1. The summed E-state index contributed by atoms with van der Waals surface area (Å²) in [6, 6.07) is 14.8. The van der Waals surface area contributed by atoms with Crippen LogP contribution in [-0.4, -0.2) is 9.97 Å². The maximum Gasteiger partial charge on any atom is 0.227 e. The van der Waals surface area contributed by atoms with Crippen molar-refractivity contribution >= 4 is 43.6 Å². The first-order chi connectivity index (χ1) is 14.7. The lowest BCUT2D eigenvalue weighted by Crippen LogP contribution is -2.32. The molecule has 1 aliphatic rings. The van der Waals surface area contributed by atoms with Crippen LogP contribution < -0.4 is 0 Å². The summed E-state index contributed by atoms with van der Waals surface area (Å²) in [5, 5.41) is 2.15. The van der Waals surface area contributed by atoms with Gasteiger partial charge < -0.3 is 4.42 Å². The molecular weight excluding hydrogens is 400 g/mol. The lowest BCUT2D eigenvalue weighted by Gasteiger charge is -2.39. The van der Waals surface area contributed by atoms with Crippen LogP contribution in [0.5, 0.6) is 0 Å². The fourth-order valence-corrected chi connectivity index (χ4v) is 6.52. The number of rotatable bonds is 1. The van der Waals surface area contributed by atoms with Gasteiger partial charge >= 0.3 is 0 Å². The van der Waals surface area contributed by atoms with Crippen molar-refractivity contribution in [3.05, 3.63) is 58.6 Å². The van der Waals surface area contributed by atoms with Crippen molar-refractivity contribution < 1.29 is 4.42 Å². The molecule has 0 saturated carbocycles. The first kappa shape index (κ1) is 19.0. The van der Waals surface area contributed by atoms with Gasteiger partial charge in [0.2, 0.25) is 5.71 Å². The summed E-state index contributed by atoms with van der Waals surface area (Å²) >= 11 is 1.93. The number of pyridine rings is 2. The van der Waals surface area contributed by atoms with Crippen molar-refractivity contribution in [3.63, 3.8) is 0 Å². The zero-order valence-corrected chi connectivity index (χ0v) is 19.5. The quantitative estimate of drug-likeness (QED) is 0.273. The molecule has 0 aliphatic heterocycles. The zero-order chi connectivity index (χ0) is 21.5. The monoisotopic (exact) mass is 426 g/mol. The molecule has 4 heteroatoms. The average Bonchev–Trinajstić information content (AvgIpc) is 3.30. The van der Waals surface area contributed by atoms with Gasteiger partial charge in [-0.3, -0.25) is 0 Å². The molecule has 4 heterocycles. The highest BCUT2D eigenvalue weighted by molar-refractivity contribution is 7.19. The van der Waals surface area contributed by atoms with E-state index in [2.05, 4.69) is 69.1 Å². The Morgan fingerprint density at radius 1 is 0.871 bits per heavy atom. The summed E-state index contributed by atoms with van der Waals surface area (Å²) < 4.78 is 7.53. The molecule has 31 heavy (non-hydrogen) atoms. The number of thiophene rings is 1. The van der Waals surface area contributed by atoms with Crippen LogP contribution in [0.25, 0.3) is 43.5 Å². The van der Waals surface area contributed by atoms with Gasteiger partial charge in [0.25, 0.3) is 0 Å². The highest BCUT2D eigenvalue weighted by Crippen LogP contribution is 2.52. The number of aromatic nitrogens is 2. The van der Waals surface area contributed by atoms with Crippen molar-refractivity contribution in [2.24, 2.45) is 0 Å². The predicted molar refractivity (Wildman–Crippen MR) is 130 cm³/mol. The summed E-state index contributed by atoms with van der Waals surface area (Å²) in [6.45, 7) is 11.5. The van der Waals surface area contributed by atoms with E-state index in [-0.39, 0.29) is 10.8 Å². The zero-order valence-electron chi connectivity index (χ0n) is 18.7. The van der Waals surface area contributed by atoms with Crippen molar-refractivity contribution in [1.82, 2.24) is 9.97 Å². The van der Waals surface area contributed by atoms with Crippen molar-refractivity contribution in [2.45, 2.75) is 58.3 Å². The molecule has 0 spiro atoms. The number of hydrogen-bond donors (Lipinski definition) is 0. The van der Waals surface area contributed by atoms with E-state index in [1.54, 1.807) is 0 Å². The number of benzene rings is 1. The number of para-hydroxylation sites is 1. The van der Waals surface area contributed by atoms with E-state index in [4.69, 9.17) is 9.40 Å². The smallest absolute Gasteiger partial charge is 0.227 e. The summed E-state index contributed by atoms with van der Waals surface area (Å²) in [5.41, 5.74) is 7.47. The highest BCUT2D eigenvalue weighted by Gasteiger charge is 2.40. The Hall–Kier alpha value is -2.72. The van der Waals surface area contributed by atoms with E-state index >= 15 is 0 Å². The summed E-state index contributed by atoms with van der Waals surface area (Å²) in [4.78, 5) is 11.3. The fraction of sp³-hybridized carbons (Fsp3) is 0.333. The Labute approximate surface area is 186 Å². The molecule has 5 aromatic rings. The van der Waals surface area contributed by atoms with Crippen LogP contribution in [0.4, 0.5) is 0 Å². The van der Waals surface area contributed by atoms with Gasteiger partial charge in [0, 0.05) is 26.9 Å². The van der Waals surface area contributed by atoms with Gasteiger partial charge in [0.15, 0.2) is 0 Å². The van der Waals surface area contributed by atoms with Crippen LogP contribution in [-0.2, 0) is 10.8 Å². The van der Waals surface area contributed by atoms with E-state index in [9.17, 15) is 0 Å². The Balaban J connectivity index is 1.63. The first-order valence-corrected chi connectivity index (χ1v) is 11.8. The molecule has 0 saturated heterocycles. The molecule has 0 fully saturated rings. The largest absolute Gasteiger partial charge is 0.437 e. The van der Waals surface area contributed by atoms with Crippen LogP contribution in [0.1, 0.15) is 56.7 Å². The Bertz CT molecular complexity index is 1500. The molecule has 0 radical (unpaired) electrons. The molecule has 0 unspecified atom stereocenters. The minimum Gasteiger partial charge on any atom is -0.437 e. The molecule has 0 N–H and O–H groups in total. The minimum absolute atomic E-state index is 0.140. The Morgan fingerprint density at radius 3 is 2.52 bits per heavy atom. The van der Waals surface area contributed by atoms with Gasteiger partial charge in [-0.15, -0.1) is 11.3 Å².